The van der Waals surface area contributed by atoms with E-state index in [-0.39, 0.29) is 11.6 Å². The van der Waals surface area contributed by atoms with Crippen LogP contribution in [0.25, 0.3) is 38.3 Å². The van der Waals surface area contributed by atoms with Gasteiger partial charge in [0.05, 0.1) is 34.3 Å². The van der Waals surface area contributed by atoms with Gasteiger partial charge in [0.2, 0.25) is 0 Å². The smallest absolute Gasteiger partial charge is 0.123 e. The lowest BCUT2D eigenvalue weighted by Gasteiger charge is -2.26. The van der Waals surface area contributed by atoms with Crippen molar-refractivity contribution < 1.29 is 8.78 Å². The minimum Gasteiger partial charge on any atom is -0.310 e. The molecule has 0 aliphatic carbocycles. The molecule has 1 heterocycles. The van der Waals surface area contributed by atoms with Gasteiger partial charge in [-0.3, -0.25) is 0 Å². The normalized spacial score (nSPS) is 11.2. The molecule has 0 saturated carbocycles. The van der Waals surface area contributed by atoms with Gasteiger partial charge in [-0.05, 0) is 132 Å². The molecule has 0 radical (unpaired) electrons. The highest BCUT2D eigenvalue weighted by Gasteiger charge is 2.23. The third kappa shape index (κ3) is 5.45. The van der Waals surface area contributed by atoms with Crippen LogP contribution in [0.15, 0.2) is 164 Å². The molecule has 0 aliphatic heterocycles. The summed E-state index contributed by atoms with van der Waals surface area (Å²) in [5.41, 5.74) is 8.60. The molecular weight excluding hydrogens is 661 g/mol. The number of hydrogen-bond donors (Lipinski definition) is 0. The number of benzene rings is 8. The van der Waals surface area contributed by atoms with E-state index in [1.807, 2.05) is 64.4 Å². The van der Waals surface area contributed by atoms with Gasteiger partial charge in [0.1, 0.15) is 11.6 Å². The zero-order valence-electron chi connectivity index (χ0n) is 28.1. The standard InChI is InChI=1S/C46H27F2N5/c47-34-14-18-37(19-15-34)51(39-10-4-6-30(22-39)28-49)41-24-32-12-13-33-25-42(27-44-46(33)45(32)43(26-41)53(44)36-8-2-1-3-9-36)52(38-20-16-35(48)17-21-38)40-11-5-7-31(23-40)29-50/h1-27H. The molecule has 7 heteroatoms. The molecule has 0 bridgehead atoms. The van der Waals surface area contributed by atoms with Crippen molar-refractivity contribution in [3.05, 3.63) is 187 Å². The largest absolute Gasteiger partial charge is 0.310 e. The number of aromatic nitrogens is 1. The fourth-order valence-electron chi connectivity index (χ4n) is 7.35. The fourth-order valence-corrected chi connectivity index (χ4v) is 7.35. The van der Waals surface area contributed by atoms with E-state index >= 15 is 0 Å². The van der Waals surface area contributed by atoms with E-state index in [4.69, 9.17) is 0 Å². The van der Waals surface area contributed by atoms with E-state index < -0.39 is 0 Å². The van der Waals surface area contributed by atoms with Crippen LogP contribution >= 0.6 is 0 Å². The van der Waals surface area contributed by atoms with Crippen LogP contribution in [-0.4, -0.2) is 4.57 Å². The number of nitriles is 2. The molecule has 8 aromatic carbocycles. The lowest BCUT2D eigenvalue weighted by Crippen LogP contribution is -2.10. The van der Waals surface area contributed by atoms with Crippen LogP contribution in [0.2, 0.25) is 0 Å². The van der Waals surface area contributed by atoms with Crippen molar-refractivity contribution in [3.63, 3.8) is 0 Å². The molecule has 0 atom stereocenters. The van der Waals surface area contributed by atoms with Crippen LogP contribution < -0.4 is 9.80 Å². The summed E-state index contributed by atoms with van der Waals surface area (Å²) in [7, 11) is 0. The number of anilines is 6. The quantitative estimate of drug-likeness (QED) is 0.157. The second-order valence-corrected chi connectivity index (χ2v) is 12.8. The van der Waals surface area contributed by atoms with Crippen LogP contribution in [0.1, 0.15) is 11.1 Å². The number of para-hydroxylation sites is 1. The number of hydrogen-bond acceptors (Lipinski definition) is 4. The highest BCUT2D eigenvalue weighted by Crippen LogP contribution is 2.46. The van der Waals surface area contributed by atoms with Crippen molar-refractivity contribution in [1.29, 1.82) is 10.5 Å². The van der Waals surface area contributed by atoms with Crippen molar-refractivity contribution in [2.45, 2.75) is 0 Å². The molecule has 9 aromatic rings. The van der Waals surface area contributed by atoms with E-state index in [1.54, 1.807) is 36.4 Å². The molecule has 0 spiro atoms. The number of halogens is 2. The maximum absolute atomic E-state index is 14.2. The van der Waals surface area contributed by atoms with Crippen molar-refractivity contribution in [2.75, 3.05) is 9.80 Å². The van der Waals surface area contributed by atoms with Crippen LogP contribution in [0, 0.1) is 34.3 Å². The van der Waals surface area contributed by atoms with Gasteiger partial charge in [0.25, 0.3) is 0 Å². The van der Waals surface area contributed by atoms with Gasteiger partial charge in [-0.15, -0.1) is 0 Å². The summed E-state index contributed by atoms with van der Waals surface area (Å²) in [6.45, 7) is 0. The summed E-state index contributed by atoms with van der Waals surface area (Å²) >= 11 is 0. The van der Waals surface area contributed by atoms with E-state index in [0.29, 0.717) is 11.1 Å². The van der Waals surface area contributed by atoms with Gasteiger partial charge in [0.15, 0.2) is 0 Å². The second kappa shape index (κ2) is 12.7. The zero-order valence-corrected chi connectivity index (χ0v) is 28.1. The molecule has 0 fully saturated rings. The molecule has 0 N–H and O–H groups in total. The number of rotatable bonds is 7. The van der Waals surface area contributed by atoms with Crippen LogP contribution in [0.4, 0.5) is 42.9 Å². The lowest BCUT2D eigenvalue weighted by molar-refractivity contribution is 0.627. The van der Waals surface area contributed by atoms with E-state index in [9.17, 15) is 19.3 Å². The van der Waals surface area contributed by atoms with E-state index in [1.165, 1.54) is 24.3 Å². The van der Waals surface area contributed by atoms with E-state index in [2.05, 4.69) is 65.2 Å². The Morgan fingerprint density at radius 1 is 0.415 bits per heavy atom. The van der Waals surface area contributed by atoms with E-state index in [0.717, 1.165) is 72.4 Å². The molecule has 0 unspecified atom stereocenters. The summed E-state index contributed by atoms with van der Waals surface area (Å²) in [5, 5.41) is 23.7. The highest BCUT2D eigenvalue weighted by molar-refractivity contribution is 6.26. The summed E-state index contributed by atoms with van der Waals surface area (Å²) in [6, 6.07) is 54.9. The summed E-state index contributed by atoms with van der Waals surface area (Å²) in [4.78, 5) is 4.08. The van der Waals surface area contributed by atoms with Gasteiger partial charge < -0.3 is 14.4 Å². The summed E-state index contributed by atoms with van der Waals surface area (Å²) in [5.74, 6) is -0.677. The van der Waals surface area contributed by atoms with Crippen LogP contribution in [0.5, 0.6) is 0 Å². The SMILES string of the molecule is N#Cc1cccc(N(c2ccc(F)cc2)c2cc3ccc4cc(N(c5ccc(F)cc5)c5cccc(C#N)c5)cc5c4c3c(c2)n5-c2ccccc2)c1. The Bertz CT molecular complexity index is 2710. The molecule has 0 saturated heterocycles. The first-order chi connectivity index (χ1) is 26.0. The first kappa shape index (κ1) is 31.5. The topological polar surface area (TPSA) is 59.0 Å². The van der Waals surface area contributed by atoms with Gasteiger partial charge in [-0.25, -0.2) is 8.78 Å². The Morgan fingerprint density at radius 2 is 0.868 bits per heavy atom. The Hall–Kier alpha value is -7.48. The van der Waals surface area contributed by atoms with Crippen molar-refractivity contribution >= 4 is 66.7 Å². The van der Waals surface area contributed by atoms with Gasteiger partial charge in [0, 0.05) is 50.6 Å². The third-order valence-corrected chi connectivity index (χ3v) is 9.61. The highest BCUT2D eigenvalue weighted by atomic mass is 19.1. The Kier molecular flexibility index (Phi) is 7.54. The minimum atomic E-state index is -0.338. The van der Waals surface area contributed by atoms with Gasteiger partial charge in [-0.2, -0.15) is 10.5 Å². The van der Waals surface area contributed by atoms with Crippen LogP contribution in [-0.2, 0) is 0 Å². The average molecular weight is 688 g/mol. The maximum atomic E-state index is 14.2. The predicted octanol–water partition coefficient (Wildman–Crippen LogP) is 12.3. The molecule has 1 aromatic heterocycles. The molecule has 0 amide bonds. The van der Waals surface area contributed by atoms with Gasteiger partial charge >= 0.3 is 0 Å². The van der Waals surface area contributed by atoms with Crippen LogP contribution in [0.3, 0.4) is 0 Å². The van der Waals surface area contributed by atoms with Gasteiger partial charge in [-0.1, -0.05) is 42.5 Å². The van der Waals surface area contributed by atoms with Crippen molar-refractivity contribution in [3.8, 4) is 17.8 Å². The first-order valence-electron chi connectivity index (χ1n) is 17.0. The lowest BCUT2D eigenvalue weighted by atomic mass is 10.00. The Balaban J connectivity index is 1.35. The molecule has 53 heavy (non-hydrogen) atoms. The molecule has 5 nitrogen and oxygen atoms in total. The molecule has 9 rings (SSSR count). The second-order valence-electron chi connectivity index (χ2n) is 12.8. The molecule has 250 valence electrons. The first-order valence-corrected chi connectivity index (χ1v) is 17.0. The molecule has 0 aliphatic rings. The monoisotopic (exact) mass is 687 g/mol. The Morgan fingerprint density at radius 3 is 1.30 bits per heavy atom. The zero-order chi connectivity index (χ0) is 36.1. The predicted molar refractivity (Wildman–Crippen MR) is 208 cm³/mol. The third-order valence-electron chi connectivity index (χ3n) is 9.61. The fraction of sp³-hybridized carbons (Fsp3) is 0. The van der Waals surface area contributed by atoms with Crippen molar-refractivity contribution in [1.82, 2.24) is 4.57 Å². The average Bonchev–Trinajstić information content (AvgIpc) is 3.53. The summed E-state index contributed by atoms with van der Waals surface area (Å²) < 4.78 is 30.7. The summed E-state index contributed by atoms with van der Waals surface area (Å²) in [6.07, 6.45) is 0. The van der Waals surface area contributed by atoms with Crippen molar-refractivity contribution in [2.24, 2.45) is 0 Å². The maximum Gasteiger partial charge on any atom is 0.123 e. The molecular formula is C46H27F2N5. The minimum absolute atomic E-state index is 0.338. The number of nitrogens with zero attached hydrogens (tertiary/aromatic N) is 5. The Labute approximate surface area is 304 Å².